The minimum absolute atomic E-state index is 0.0674. The van der Waals surface area contributed by atoms with E-state index in [9.17, 15) is 17.2 Å². The third-order valence-electron chi connectivity index (χ3n) is 2.73. The molecule has 0 fully saturated rings. The first-order valence-electron chi connectivity index (χ1n) is 5.78. The number of hydrogen-bond donors (Lipinski definition) is 2. The van der Waals surface area contributed by atoms with Crippen molar-refractivity contribution in [2.24, 2.45) is 0 Å². The molecule has 2 aromatic carbocycles. The number of nitrogens with two attached hydrogens (primary N) is 1. The predicted molar refractivity (Wildman–Crippen MR) is 78.9 cm³/mol. The van der Waals surface area contributed by atoms with E-state index in [0.717, 1.165) is 12.1 Å². The Bertz CT molecular complexity index is 782. The average Bonchev–Trinajstić information content (AvgIpc) is 2.42. The third kappa shape index (κ3) is 3.78. The van der Waals surface area contributed by atoms with Crippen LogP contribution < -0.4 is 10.5 Å². The van der Waals surface area contributed by atoms with E-state index >= 15 is 0 Å². The zero-order chi connectivity index (χ0) is 15.6. The zero-order valence-electron chi connectivity index (χ0n) is 10.6. The van der Waals surface area contributed by atoms with Crippen LogP contribution in [0.5, 0.6) is 0 Å². The van der Waals surface area contributed by atoms with Crippen molar-refractivity contribution in [1.82, 2.24) is 4.72 Å². The minimum Gasteiger partial charge on any atom is -0.398 e. The Labute approximate surface area is 129 Å². The summed E-state index contributed by atoms with van der Waals surface area (Å²) in [5, 5.41) is 0. The highest BCUT2D eigenvalue weighted by atomic mass is 79.9. The molecule has 0 unspecified atom stereocenters. The molecule has 0 saturated heterocycles. The van der Waals surface area contributed by atoms with Crippen LogP contribution in [0.1, 0.15) is 5.56 Å². The van der Waals surface area contributed by atoms with Crippen LogP contribution in [0.25, 0.3) is 0 Å². The Morgan fingerprint density at radius 1 is 1.10 bits per heavy atom. The van der Waals surface area contributed by atoms with Crippen LogP contribution in [0.4, 0.5) is 14.5 Å². The van der Waals surface area contributed by atoms with Crippen LogP contribution in [0.3, 0.4) is 0 Å². The van der Waals surface area contributed by atoms with Gasteiger partial charge in [-0.1, -0.05) is 15.9 Å². The Hall–Kier alpha value is -1.51. The van der Waals surface area contributed by atoms with E-state index < -0.39 is 21.7 Å². The summed E-state index contributed by atoms with van der Waals surface area (Å²) in [5.41, 5.74) is 5.89. The maximum atomic E-state index is 13.2. The molecule has 0 bridgehead atoms. The van der Waals surface area contributed by atoms with Crippen LogP contribution in [0.2, 0.25) is 0 Å². The van der Waals surface area contributed by atoms with Gasteiger partial charge in [-0.25, -0.2) is 21.9 Å². The number of rotatable bonds is 4. The van der Waals surface area contributed by atoms with Crippen LogP contribution >= 0.6 is 15.9 Å². The highest BCUT2D eigenvalue weighted by molar-refractivity contribution is 9.10. The fourth-order valence-corrected chi connectivity index (χ4v) is 3.20. The van der Waals surface area contributed by atoms with Crippen molar-refractivity contribution in [3.63, 3.8) is 0 Å². The second-order valence-corrected chi connectivity index (χ2v) is 6.83. The fraction of sp³-hybridized carbons (Fsp3) is 0.0769. The van der Waals surface area contributed by atoms with Crippen molar-refractivity contribution in [3.05, 3.63) is 58.1 Å². The Balaban J connectivity index is 2.26. The number of anilines is 1. The molecule has 2 rings (SSSR count). The minimum atomic E-state index is -4.00. The van der Waals surface area contributed by atoms with Gasteiger partial charge in [0.1, 0.15) is 16.5 Å². The Morgan fingerprint density at radius 2 is 1.71 bits per heavy atom. The van der Waals surface area contributed by atoms with E-state index in [1.54, 1.807) is 0 Å². The second-order valence-electron chi connectivity index (χ2n) is 4.24. The standard InChI is InChI=1S/C13H11BrF2N2O2S/c14-11-3-1-9(15)5-8(11)7-18-21(19,20)13-6-10(16)2-4-12(13)17/h1-6,18H,7,17H2. The molecule has 0 aliphatic rings. The Morgan fingerprint density at radius 3 is 2.43 bits per heavy atom. The van der Waals surface area contributed by atoms with Crippen LogP contribution in [-0.2, 0) is 16.6 Å². The summed E-state index contributed by atoms with van der Waals surface area (Å²) in [6, 6.07) is 6.97. The number of benzene rings is 2. The number of hydrogen-bond acceptors (Lipinski definition) is 3. The monoisotopic (exact) mass is 376 g/mol. The van der Waals surface area contributed by atoms with E-state index in [2.05, 4.69) is 20.7 Å². The van der Waals surface area contributed by atoms with Crippen molar-refractivity contribution in [2.75, 3.05) is 5.73 Å². The molecule has 21 heavy (non-hydrogen) atoms. The average molecular weight is 377 g/mol. The summed E-state index contributed by atoms with van der Waals surface area (Å²) in [4.78, 5) is -0.352. The zero-order valence-corrected chi connectivity index (χ0v) is 13.0. The van der Waals surface area contributed by atoms with Crippen LogP contribution in [0.15, 0.2) is 45.8 Å². The lowest BCUT2D eigenvalue weighted by molar-refractivity contribution is 0.577. The second kappa shape index (κ2) is 6.08. The van der Waals surface area contributed by atoms with Gasteiger partial charge in [-0.3, -0.25) is 0 Å². The van der Waals surface area contributed by atoms with Gasteiger partial charge in [-0.15, -0.1) is 0 Å². The van der Waals surface area contributed by atoms with Gasteiger partial charge in [-0.05, 0) is 42.0 Å². The highest BCUT2D eigenvalue weighted by Gasteiger charge is 2.18. The molecule has 0 atom stereocenters. The van der Waals surface area contributed by atoms with E-state index in [1.807, 2.05) is 0 Å². The first-order valence-corrected chi connectivity index (χ1v) is 8.06. The van der Waals surface area contributed by atoms with E-state index in [0.29, 0.717) is 10.0 Å². The normalized spacial score (nSPS) is 11.6. The topological polar surface area (TPSA) is 72.2 Å². The van der Waals surface area contributed by atoms with Gasteiger partial charge in [0, 0.05) is 11.0 Å². The molecular weight excluding hydrogens is 366 g/mol. The number of nitrogen functional groups attached to an aromatic ring is 1. The summed E-state index contributed by atoms with van der Waals surface area (Å²) in [5.74, 6) is -1.20. The molecule has 0 aromatic heterocycles. The molecule has 4 nitrogen and oxygen atoms in total. The predicted octanol–water partition coefficient (Wildman–Crippen LogP) is 2.79. The fourth-order valence-electron chi connectivity index (χ4n) is 1.67. The first kappa shape index (κ1) is 15.9. The van der Waals surface area contributed by atoms with Crippen molar-refractivity contribution in [3.8, 4) is 0 Å². The maximum Gasteiger partial charge on any atom is 0.243 e. The molecule has 0 saturated carbocycles. The molecule has 112 valence electrons. The van der Waals surface area contributed by atoms with Gasteiger partial charge in [-0.2, -0.15) is 0 Å². The van der Waals surface area contributed by atoms with Crippen LogP contribution in [0, 0.1) is 11.6 Å². The molecule has 0 aliphatic carbocycles. The van der Waals surface area contributed by atoms with Gasteiger partial charge in [0.25, 0.3) is 0 Å². The van der Waals surface area contributed by atoms with Gasteiger partial charge >= 0.3 is 0 Å². The summed E-state index contributed by atoms with van der Waals surface area (Å²) in [6.07, 6.45) is 0. The molecule has 8 heteroatoms. The third-order valence-corrected chi connectivity index (χ3v) is 4.96. The van der Waals surface area contributed by atoms with E-state index in [1.165, 1.54) is 24.3 Å². The van der Waals surface area contributed by atoms with Crippen molar-refractivity contribution in [1.29, 1.82) is 0 Å². The molecule has 3 N–H and O–H groups in total. The summed E-state index contributed by atoms with van der Waals surface area (Å²) in [6.45, 7) is -0.156. The van der Waals surface area contributed by atoms with Gasteiger partial charge in [0.2, 0.25) is 10.0 Å². The largest absolute Gasteiger partial charge is 0.398 e. The van der Waals surface area contributed by atoms with E-state index in [-0.39, 0.29) is 17.1 Å². The Kier molecular flexibility index (Phi) is 4.60. The quantitative estimate of drug-likeness (QED) is 0.805. The van der Waals surface area contributed by atoms with Gasteiger partial charge in [0.15, 0.2) is 0 Å². The summed E-state index contributed by atoms with van der Waals surface area (Å²) < 4.78 is 53.3. The first-order chi connectivity index (χ1) is 9.79. The molecule has 0 radical (unpaired) electrons. The molecular formula is C13H11BrF2N2O2S. The van der Waals surface area contributed by atoms with Gasteiger partial charge in [0.05, 0.1) is 5.69 Å². The molecule has 0 amide bonds. The van der Waals surface area contributed by atoms with Gasteiger partial charge < -0.3 is 5.73 Å². The number of sulfonamides is 1. The summed E-state index contributed by atoms with van der Waals surface area (Å²) in [7, 11) is -4.00. The lowest BCUT2D eigenvalue weighted by Gasteiger charge is -2.10. The maximum absolute atomic E-state index is 13.2. The van der Waals surface area contributed by atoms with Crippen molar-refractivity contribution < 1.29 is 17.2 Å². The lowest BCUT2D eigenvalue weighted by atomic mass is 10.2. The molecule has 0 aliphatic heterocycles. The number of halogens is 3. The molecule has 0 heterocycles. The lowest BCUT2D eigenvalue weighted by Crippen LogP contribution is -2.24. The summed E-state index contributed by atoms with van der Waals surface area (Å²) >= 11 is 3.19. The van der Waals surface area contributed by atoms with Crippen molar-refractivity contribution in [2.45, 2.75) is 11.4 Å². The highest BCUT2D eigenvalue weighted by Crippen LogP contribution is 2.21. The SMILES string of the molecule is Nc1ccc(F)cc1S(=O)(=O)NCc1cc(F)ccc1Br. The smallest absolute Gasteiger partial charge is 0.243 e. The van der Waals surface area contributed by atoms with Crippen molar-refractivity contribution >= 4 is 31.6 Å². The molecule has 0 spiro atoms. The van der Waals surface area contributed by atoms with Crippen LogP contribution in [-0.4, -0.2) is 8.42 Å². The van der Waals surface area contributed by atoms with E-state index in [4.69, 9.17) is 5.73 Å². The molecule has 2 aromatic rings. The number of nitrogens with one attached hydrogen (secondary N) is 1.